The topological polar surface area (TPSA) is 37.4 Å². The minimum Gasteiger partial charge on any atom is -0.380 e. The molecule has 0 fully saturated rings. The Morgan fingerprint density at radius 3 is 2.78 bits per heavy atom. The summed E-state index contributed by atoms with van der Waals surface area (Å²) in [6.07, 6.45) is 3.05. The van der Waals surface area contributed by atoms with E-state index in [-0.39, 0.29) is 0 Å². The molecule has 0 aromatic carbocycles. The molecule has 0 bridgehead atoms. The highest BCUT2D eigenvalue weighted by Crippen LogP contribution is 2.07. The Hall–Kier alpha value is -1.13. The Balaban J connectivity index is 2.33. The molecule has 0 unspecified atom stereocenters. The zero-order valence-electron chi connectivity index (χ0n) is 11.8. The lowest BCUT2D eigenvalue weighted by Gasteiger charge is -2.16. The second-order valence-electron chi connectivity index (χ2n) is 4.41. The fourth-order valence-electron chi connectivity index (χ4n) is 1.63. The first-order chi connectivity index (χ1) is 8.76. The van der Waals surface area contributed by atoms with E-state index in [4.69, 9.17) is 4.74 Å². The van der Waals surface area contributed by atoms with E-state index in [0.29, 0.717) is 0 Å². The minimum absolute atomic E-state index is 0.785. The summed E-state index contributed by atoms with van der Waals surface area (Å²) in [5, 5.41) is 3.27. The highest BCUT2D eigenvalue weighted by atomic mass is 16.5. The Morgan fingerprint density at radius 1 is 1.33 bits per heavy atom. The summed E-state index contributed by atoms with van der Waals surface area (Å²) in [6, 6.07) is 4.17. The van der Waals surface area contributed by atoms with Crippen LogP contribution in [0.5, 0.6) is 0 Å². The lowest BCUT2D eigenvalue weighted by atomic mass is 10.2. The number of aromatic nitrogens is 1. The fraction of sp³-hybridized carbons (Fsp3) is 0.643. The lowest BCUT2D eigenvalue weighted by molar-refractivity contribution is 0.120. The summed E-state index contributed by atoms with van der Waals surface area (Å²) in [6.45, 7) is 8.57. The van der Waals surface area contributed by atoms with Crippen molar-refractivity contribution in [2.24, 2.45) is 0 Å². The summed E-state index contributed by atoms with van der Waals surface area (Å²) in [5.41, 5.74) is 1.23. The van der Waals surface area contributed by atoms with Gasteiger partial charge in [0.2, 0.25) is 0 Å². The molecule has 102 valence electrons. The molecule has 0 aliphatic rings. The molecule has 1 aromatic rings. The van der Waals surface area contributed by atoms with E-state index >= 15 is 0 Å². The molecule has 0 saturated carbocycles. The van der Waals surface area contributed by atoms with Gasteiger partial charge in [-0.3, -0.25) is 4.90 Å². The van der Waals surface area contributed by atoms with E-state index in [9.17, 15) is 0 Å². The molecule has 0 aliphatic heterocycles. The van der Waals surface area contributed by atoms with Gasteiger partial charge in [-0.1, -0.05) is 13.0 Å². The molecule has 0 amide bonds. The van der Waals surface area contributed by atoms with Gasteiger partial charge in [0, 0.05) is 32.4 Å². The summed E-state index contributed by atoms with van der Waals surface area (Å²) >= 11 is 0. The maximum Gasteiger partial charge on any atom is 0.125 e. The molecule has 4 nitrogen and oxygen atoms in total. The highest BCUT2D eigenvalue weighted by Gasteiger charge is 2.01. The highest BCUT2D eigenvalue weighted by molar-refractivity contribution is 5.35. The van der Waals surface area contributed by atoms with E-state index in [2.05, 4.69) is 35.2 Å². The van der Waals surface area contributed by atoms with Crippen molar-refractivity contribution < 1.29 is 4.74 Å². The van der Waals surface area contributed by atoms with Crippen LogP contribution in [0.4, 0.5) is 5.82 Å². The first-order valence-corrected chi connectivity index (χ1v) is 6.71. The average Bonchev–Trinajstić information content (AvgIpc) is 2.38. The molecule has 0 aliphatic carbocycles. The normalized spacial score (nSPS) is 10.9. The quantitative estimate of drug-likeness (QED) is 0.684. The monoisotopic (exact) mass is 251 g/mol. The predicted octanol–water partition coefficient (Wildman–Crippen LogP) is 2.37. The second-order valence-corrected chi connectivity index (χ2v) is 4.41. The van der Waals surface area contributed by atoms with Gasteiger partial charge in [0.05, 0.1) is 6.61 Å². The van der Waals surface area contributed by atoms with Gasteiger partial charge in [0.25, 0.3) is 0 Å². The smallest absolute Gasteiger partial charge is 0.125 e. The molecule has 0 saturated heterocycles. The lowest BCUT2D eigenvalue weighted by Crippen LogP contribution is -2.22. The van der Waals surface area contributed by atoms with Crippen LogP contribution in [0.25, 0.3) is 0 Å². The Labute approximate surface area is 110 Å². The van der Waals surface area contributed by atoms with E-state index < -0.39 is 0 Å². The van der Waals surface area contributed by atoms with Crippen molar-refractivity contribution in [2.75, 3.05) is 38.7 Å². The van der Waals surface area contributed by atoms with Gasteiger partial charge in [0.15, 0.2) is 0 Å². The van der Waals surface area contributed by atoms with Gasteiger partial charge in [-0.2, -0.15) is 0 Å². The van der Waals surface area contributed by atoms with Crippen LogP contribution in [0.1, 0.15) is 25.8 Å². The van der Waals surface area contributed by atoms with Crippen LogP contribution in [0.15, 0.2) is 18.3 Å². The molecule has 0 radical (unpaired) electrons. The molecular formula is C14H25N3O. The predicted molar refractivity (Wildman–Crippen MR) is 75.8 cm³/mol. The third-order valence-corrected chi connectivity index (χ3v) is 2.65. The molecule has 18 heavy (non-hydrogen) atoms. The van der Waals surface area contributed by atoms with Crippen LogP contribution in [0, 0.1) is 0 Å². The maximum absolute atomic E-state index is 5.34. The molecule has 1 N–H and O–H groups in total. The van der Waals surface area contributed by atoms with Crippen molar-refractivity contribution in [3.8, 4) is 0 Å². The molecular weight excluding hydrogens is 226 g/mol. The van der Waals surface area contributed by atoms with Crippen molar-refractivity contribution in [2.45, 2.75) is 26.8 Å². The Kier molecular flexibility index (Phi) is 7.37. The first-order valence-electron chi connectivity index (χ1n) is 6.71. The largest absolute Gasteiger partial charge is 0.380 e. The Morgan fingerprint density at radius 2 is 2.17 bits per heavy atom. The van der Waals surface area contributed by atoms with Crippen molar-refractivity contribution in [1.82, 2.24) is 9.88 Å². The SMILES string of the molecule is CCCNc1ccc(CN(C)CCOCC)cn1. The molecule has 1 rings (SSSR count). The van der Waals surface area contributed by atoms with Gasteiger partial charge >= 0.3 is 0 Å². The van der Waals surface area contributed by atoms with Crippen LogP contribution >= 0.6 is 0 Å². The zero-order chi connectivity index (χ0) is 13.2. The van der Waals surface area contributed by atoms with E-state index in [1.54, 1.807) is 0 Å². The number of nitrogens with one attached hydrogen (secondary N) is 1. The summed E-state index contributed by atoms with van der Waals surface area (Å²) in [5.74, 6) is 0.956. The fourth-order valence-corrected chi connectivity index (χ4v) is 1.63. The maximum atomic E-state index is 5.34. The minimum atomic E-state index is 0.785. The molecule has 0 spiro atoms. The number of anilines is 1. The number of hydrogen-bond acceptors (Lipinski definition) is 4. The van der Waals surface area contributed by atoms with E-state index in [1.165, 1.54) is 5.56 Å². The van der Waals surface area contributed by atoms with Crippen LogP contribution < -0.4 is 5.32 Å². The molecule has 4 heteroatoms. The summed E-state index contributed by atoms with van der Waals surface area (Å²) < 4.78 is 5.34. The van der Waals surface area contributed by atoms with E-state index in [1.807, 2.05) is 19.2 Å². The van der Waals surface area contributed by atoms with Crippen LogP contribution in [-0.4, -0.2) is 43.2 Å². The third-order valence-electron chi connectivity index (χ3n) is 2.65. The standard InChI is InChI=1S/C14H25N3O/c1-4-8-15-14-7-6-13(11-16-14)12-17(3)9-10-18-5-2/h6-7,11H,4-5,8-10,12H2,1-3H3,(H,15,16). The van der Waals surface area contributed by atoms with Crippen LogP contribution in [0.3, 0.4) is 0 Å². The number of rotatable bonds is 9. The number of nitrogens with zero attached hydrogens (tertiary/aromatic N) is 2. The zero-order valence-corrected chi connectivity index (χ0v) is 11.8. The second kappa shape index (κ2) is 8.89. The average molecular weight is 251 g/mol. The summed E-state index contributed by atoms with van der Waals surface area (Å²) in [4.78, 5) is 6.64. The van der Waals surface area contributed by atoms with Gasteiger partial charge in [-0.05, 0) is 32.0 Å². The molecule has 1 aromatic heterocycles. The van der Waals surface area contributed by atoms with Gasteiger partial charge < -0.3 is 10.1 Å². The van der Waals surface area contributed by atoms with E-state index in [0.717, 1.165) is 45.1 Å². The summed E-state index contributed by atoms with van der Waals surface area (Å²) in [7, 11) is 2.10. The third kappa shape index (κ3) is 5.98. The van der Waals surface area contributed by atoms with Gasteiger partial charge in [-0.25, -0.2) is 4.98 Å². The van der Waals surface area contributed by atoms with Gasteiger partial charge in [-0.15, -0.1) is 0 Å². The van der Waals surface area contributed by atoms with Crippen molar-refractivity contribution in [3.63, 3.8) is 0 Å². The van der Waals surface area contributed by atoms with Gasteiger partial charge in [0.1, 0.15) is 5.82 Å². The Bertz CT molecular complexity index is 313. The molecule has 1 heterocycles. The number of likely N-dealkylation sites (N-methyl/N-ethyl adjacent to an activating group) is 1. The van der Waals surface area contributed by atoms with Crippen LogP contribution in [0.2, 0.25) is 0 Å². The van der Waals surface area contributed by atoms with Crippen molar-refractivity contribution in [1.29, 1.82) is 0 Å². The molecule has 0 atom stereocenters. The van der Waals surface area contributed by atoms with Crippen LogP contribution in [-0.2, 0) is 11.3 Å². The van der Waals surface area contributed by atoms with Crippen molar-refractivity contribution >= 4 is 5.82 Å². The number of pyridine rings is 1. The number of ether oxygens (including phenoxy) is 1. The first kappa shape index (κ1) is 14.9. The van der Waals surface area contributed by atoms with Crippen molar-refractivity contribution in [3.05, 3.63) is 23.9 Å². The number of hydrogen-bond donors (Lipinski definition) is 1.